The van der Waals surface area contributed by atoms with Crippen LogP contribution in [0, 0.1) is 0 Å². The Morgan fingerprint density at radius 3 is 2.50 bits per heavy atom. The molecule has 0 aromatic rings. The first kappa shape index (κ1) is 13.8. The molecule has 6 N–H and O–H groups in total. The van der Waals surface area contributed by atoms with Crippen LogP contribution in [0.15, 0.2) is 0 Å². The fourth-order valence-electron chi connectivity index (χ4n) is 1.27. The van der Waals surface area contributed by atoms with Gasteiger partial charge < -0.3 is 22.1 Å². The van der Waals surface area contributed by atoms with E-state index in [-0.39, 0.29) is 6.17 Å². The van der Waals surface area contributed by atoms with E-state index in [4.69, 9.17) is 11.5 Å². The molecule has 0 rings (SSSR count). The van der Waals surface area contributed by atoms with E-state index in [2.05, 4.69) is 17.6 Å². The number of hydrogen-bond donors (Lipinski definition) is 4. The molecular formula is C10H26N4. The Balaban J connectivity index is 2.98. The van der Waals surface area contributed by atoms with E-state index in [1.807, 2.05) is 0 Å². The first-order valence-corrected chi connectivity index (χ1v) is 5.71. The Kier molecular flexibility index (Phi) is 10.8. The summed E-state index contributed by atoms with van der Waals surface area (Å²) in [4.78, 5) is 0. The molecule has 1 unspecified atom stereocenters. The number of nitrogens with two attached hydrogens (primary N) is 2. The molecule has 0 aliphatic carbocycles. The van der Waals surface area contributed by atoms with Crippen molar-refractivity contribution in [1.82, 2.24) is 10.6 Å². The van der Waals surface area contributed by atoms with E-state index >= 15 is 0 Å². The van der Waals surface area contributed by atoms with Gasteiger partial charge in [-0.2, -0.15) is 0 Å². The van der Waals surface area contributed by atoms with Crippen molar-refractivity contribution in [3.05, 3.63) is 0 Å². The highest BCUT2D eigenvalue weighted by Crippen LogP contribution is 1.88. The minimum atomic E-state index is 0.170. The van der Waals surface area contributed by atoms with Gasteiger partial charge in [0.05, 0.1) is 6.17 Å². The first-order valence-electron chi connectivity index (χ1n) is 5.71. The number of rotatable bonds is 10. The van der Waals surface area contributed by atoms with Crippen LogP contribution < -0.4 is 22.1 Å². The molecule has 0 amide bonds. The largest absolute Gasteiger partial charge is 0.330 e. The quantitative estimate of drug-likeness (QED) is 0.297. The van der Waals surface area contributed by atoms with Crippen molar-refractivity contribution in [2.75, 3.05) is 26.2 Å². The van der Waals surface area contributed by atoms with E-state index in [1.165, 1.54) is 0 Å². The molecular weight excluding hydrogens is 176 g/mol. The maximum atomic E-state index is 5.80. The van der Waals surface area contributed by atoms with Crippen LogP contribution in [0.1, 0.15) is 32.6 Å². The van der Waals surface area contributed by atoms with E-state index < -0.39 is 0 Å². The average Bonchev–Trinajstić information content (AvgIpc) is 2.17. The molecule has 14 heavy (non-hydrogen) atoms. The Morgan fingerprint density at radius 1 is 1.14 bits per heavy atom. The van der Waals surface area contributed by atoms with Gasteiger partial charge in [0, 0.05) is 0 Å². The number of hydrogen-bond acceptors (Lipinski definition) is 4. The van der Waals surface area contributed by atoms with Crippen LogP contribution in [-0.2, 0) is 0 Å². The summed E-state index contributed by atoms with van der Waals surface area (Å²) < 4.78 is 0. The Morgan fingerprint density at radius 2 is 1.86 bits per heavy atom. The lowest BCUT2D eigenvalue weighted by molar-refractivity contribution is 0.476. The molecule has 0 saturated heterocycles. The highest BCUT2D eigenvalue weighted by molar-refractivity contribution is 4.58. The Labute approximate surface area is 87.8 Å². The standard InChI is InChI=1S/C10H26N4/c1-2-5-10(12)14-9-4-8-13-7-3-6-11/h10,13-14H,2-9,11-12H2,1H3. The van der Waals surface area contributed by atoms with Crippen LogP contribution in [0.4, 0.5) is 0 Å². The van der Waals surface area contributed by atoms with E-state index in [9.17, 15) is 0 Å². The fourth-order valence-corrected chi connectivity index (χ4v) is 1.27. The van der Waals surface area contributed by atoms with Crippen molar-refractivity contribution < 1.29 is 0 Å². The molecule has 0 saturated carbocycles. The molecule has 1 atom stereocenters. The molecule has 4 heteroatoms. The third kappa shape index (κ3) is 9.92. The van der Waals surface area contributed by atoms with Crippen LogP contribution >= 0.6 is 0 Å². The zero-order valence-corrected chi connectivity index (χ0v) is 9.39. The second-order valence-electron chi connectivity index (χ2n) is 3.60. The summed E-state index contributed by atoms with van der Waals surface area (Å²) in [5, 5.41) is 6.62. The molecule has 86 valence electrons. The molecule has 0 spiro atoms. The summed E-state index contributed by atoms with van der Waals surface area (Å²) in [7, 11) is 0. The monoisotopic (exact) mass is 202 g/mol. The third-order valence-electron chi connectivity index (χ3n) is 2.09. The lowest BCUT2D eigenvalue weighted by Gasteiger charge is -2.12. The second kappa shape index (κ2) is 10.9. The molecule has 0 heterocycles. The van der Waals surface area contributed by atoms with Crippen LogP contribution in [0.2, 0.25) is 0 Å². The zero-order chi connectivity index (χ0) is 10.6. The van der Waals surface area contributed by atoms with Gasteiger partial charge in [-0.1, -0.05) is 13.3 Å². The van der Waals surface area contributed by atoms with Crippen molar-refractivity contribution in [2.45, 2.75) is 38.8 Å². The van der Waals surface area contributed by atoms with Crippen LogP contribution in [0.3, 0.4) is 0 Å². The highest BCUT2D eigenvalue weighted by Gasteiger charge is 1.97. The van der Waals surface area contributed by atoms with Gasteiger partial charge in [0.1, 0.15) is 0 Å². The molecule has 0 bridgehead atoms. The van der Waals surface area contributed by atoms with E-state index in [0.717, 1.165) is 51.9 Å². The van der Waals surface area contributed by atoms with E-state index in [1.54, 1.807) is 0 Å². The Bertz CT molecular complexity index is 108. The van der Waals surface area contributed by atoms with Crippen LogP contribution in [-0.4, -0.2) is 32.3 Å². The van der Waals surface area contributed by atoms with Gasteiger partial charge in [-0.3, -0.25) is 0 Å². The number of nitrogens with one attached hydrogen (secondary N) is 2. The summed E-state index contributed by atoms with van der Waals surface area (Å²) >= 11 is 0. The lowest BCUT2D eigenvalue weighted by atomic mass is 10.3. The summed E-state index contributed by atoms with van der Waals surface area (Å²) in [5.74, 6) is 0. The summed E-state index contributed by atoms with van der Waals surface area (Å²) in [6.45, 7) is 5.99. The molecule has 0 aromatic carbocycles. The smallest absolute Gasteiger partial charge is 0.0546 e. The second-order valence-corrected chi connectivity index (χ2v) is 3.60. The molecule has 0 radical (unpaired) electrons. The van der Waals surface area contributed by atoms with Gasteiger partial charge in [0.2, 0.25) is 0 Å². The molecule has 0 fully saturated rings. The predicted molar refractivity (Wildman–Crippen MR) is 62.0 cm³/mol. The van der Waals surface area contributed by atoms with Crippen molar-refractivity contribution in [3.8, 4) is 0 Å². The first-order chi connectivity index (χ1) is 6.81. The van der Waals surface area contributed by atoms with Gasteiger partial charge in [-0.25, -0.2) is 0 Å². The fraction of sp³-hybridized carbons (Fsp3) is 1.00. The maximum absolute atomic E-state index is 5.80. The summed E-state index contributed by atoms with van der Waals surface area (Å²) in [6.07, 6.45) is 4.55. The van der Waals surface area contributed by atoms with E-state index in [0.29, 0.717) is 0 Å². The normalized spacial score (nSPS) is 13.1. The van der Waals surface area contributed by atoms with Crippen molar-refractivity contribution in [1.29, 1.82) is 0 Å². The third-order valence-corrected chi connectivity index (χ3v) is 2.09. The van der Waals surface area contributed by atoms with Crippen LogP contribution in [0.5, 0.6) is 0 Å². The lowest BCUT2D eigenvalue weighted by Crippen LogP contribution is -2.38. The zero-order valence-electron chi connectivity index (χ0n) is 9.39. The van der Waals surface area contributed by atoms with Crippen molar-refractivity contribution in [3.63, 3.8) is 0 Å². The summed E-state index contributed by atoms with van der Waals surface area (Å²) in [6, 6.07) is 0. The predicted octanol–water partition coefficient (Wildman–Crippen LogP) is -0.0106. The topological polar surface area (TPSA) is 76.1 Å². The average molecular weight is 202 g/mol. The molecule has 0 aliphatic heterocycles. The van der Waals surface area contributed by atoms with Gasteiger partial charge in [-0.05, 0) is 45.4 Å². The SMILES string of the molecule is CCCC(N)NCCCNCCCN. The Hall–Kier alpha value is -0.160. The minimum absolute atomic E-state index is 0.170. The summed E-state index contributed by atoms with van der Waals surface area (Å²) in [5.41, 5.74) is 11.2. The van der Waals surface area contributed by atoms with Crippen molar-refractivity contribution >= 4 is 0 Å². The maximum Gasteiger partial charge on any atom is 0.0546 e. The van der Waals surface area contributed by atoms with Crippen molar-refractivity contribution in [2.24, 2.45) is 11.5 Å². The van der Waals surface area contributed by atoms with Gasteiger partial charge >= 0.3 is 0 Å². The van der Waals surface area contributed by atoms with Gasteiger partial charge in [0.15, 0.2) is 0 Å². The van der Waals surface area contributed by atoms with Gasteiger partial charge in [0.25, 0.3) is 0 Å². The van der Waals surface area contributed by atoms with Gasteiger partial charge in [-0.15, -0.1) is 0 Å². The molecule has 0 aliphatic rings. The highest BCUT2D eigenvalue weighted by atomic mass is 15.0. The molecule has 0 aromatic heterocycles. The van der Waals surface area contributed by atoms with Crippen LogP contribution in [0.25, 0.3) is 0 Å². The minimum Gasteiger partial charge on any atom is -0.330 e. The molecule has 4 nitrogen and oxygen atoms in total.